The number of nitrogens with one attached hydrogen (secondary N) is 2. The third-order valence-electron chi connectivity index (χ3n) is 3.05. The molecular formula is C16H12F2N4OS. The van der Waals surface area contributed by atoms with Gasteiger partial charge in [0.25, 0.3) is 5.91 Å². The van der Waals surface area contributed by atoms with Gasteiger partial charge < -0.3 is 5.32 Å². The first-order valence-corrected chi connectivity index (χ1v) is 7.80. The minimum Gasteiger partial charge on any atom is -0.352 e. The molecule has 1 heterocycles. The minimum absolute atomic E-state index is 0.0247. The van der Waals surface area contributed by atoms with Crippen LogP contribution in [-0.2, 0) is 4.79 Å². The van der Waals surface area contributed by atoms with Crippen LogP contribution in [-0.4, -0.2) is 23.7 Å². The van der Waals surface area contributed by atoms with Crippen LogP contribution in [0.3, 0.4) is 0 Å². The number of hydrazone groups is 1. The van der Waals surface area contributed by atoms with Crippen LogP contribution in [0.1, 0.15) is 5.56 Å². The summed E-state index contributed by atoms with van der Waals surface area (Å²) in [6.45, 7) is -0.0247. The molecule has 0 saturated heterocycles. The fourth-order valence-corrected chi connectivity index (χ4v) is 2.78. The monoisotopic (exact) mass is 346 g/mol. The van der Waals surface area contributed by atoms with Crippen molar-refractivity contribution < 1.29 is 13.6 Å². The number of amides is 1. The molecular weight excluding hydrogens is 334 g/mol. The highest BCUT2D eigenvalue weighted by Crippen LogP contribution is 2.24. The maximum absolute atomic E-state index is 13.4. The molecule has 8 heteroatoms. The summed E-state index contributed by atoms with van der Waals surface area (Å²) in [7, 11) is 0. The lowest BCUT2D eigenvalue weighted by molar-refractivity contribution is -0.119. The van der Waals surface area contributed by atoms with E-state index < -0.39 is 17.5 Å². The smallest absolute Gasteiger partial charge is 0.259 e. The van der Waals surface area contributed by atoms with Crippen LogP contribution in [0.4, 0.5) is 13.9 Å². The third kappa shape index (κ3) is 3.90. The highest BCUT2D eigenvalue weighted by atomic mass is 32.1. The zero-order chi connectivity index (χ0) is 16.9. The van der Waals surface area contributed by atoms with Crippen LogP contribution >= 0.6 is 11.3 Å². The van der Waals surface area contributed by atoms with Crippen molar-refractivity contribution in [2.45, 2.75) is 0 Å². The Morgan fingerprint density at radius 1 is 1.25 bits per heavy atom. The summed E-state index contributed by atoms with van der Waals surface area (Å²) >= 11 is 1.44. The largest absolute Gasteiger partial charge is 0.352 e. The molecule has 2 aromatic carbocycles. The van der Waals surface area contributed by atoms with Gasteiger partial charge in [-0.05, 0) is 24.3 Å². The molecule has 0 spiro atoms. The Morgan fingerprint density at radius 2 is 2.08 bits per heavy atom. The Bertz CT molecular complexity index is 877. The van der Waals surface area contributed by atoms with Gasteiger partial charge in [-0.15, -0.1) is 0 Å². The number of hydrogen-bond acceptors (Lipinski definition) is 5. The van der Waals surface area contributed by atoms with Crippen LogP contribution in [0.5, 0.6) is 0 Å². The van der Waals surface area contributed by atoms with Gasteiger partial charge in [0.1, 0.15) is 11.6 Å². The van der Waals surface area contributed by atoms with E-state index in [2.05, 4.69) is 20.8 Å². The normalized spacial score (nSPS) is 11.1. The molecule has 0 aliphatic heterocycles. The first-order chi connectivity index (χ1) is 11.6. The van der Waals surface area contributed by atoms with Crippen molar-refractivity contribution >= 4 is 38.8 Å². The number of nitrogens with zero attached hydrogens (tertiary/aromatic N) is 2. The number of rotatable bonds is 5. The lowest BCUT2D eigenvalue weighted by Crippen LogP contribution is -2.25. The second-order valence-corrected chi connectivity index (χ2v) is 5.83. The van der Waals surface area contributed by atoms with Crippen molar-refractivity contribution in [1.29, 1.82) is 0 Å². The quantitative estimate of drug-likeness (QED) is 0.551. The number of halogens is 2. The fraction of sp³-hybridized carbons (Fsp3) is 0.0625. The third-order valence-corrected chi connectivity index (χ3v) is 4.04. The van der Waals surface area contributed by atoms with Crippen LogP contribution in [0.15, 0.2) is 47.6 Å². The molecule has 122 valence electrons. The predicted octanol–water partition coefficient (Wildman–Crippen LogP) is 3.14. The summed E-state index contributed by atoms with van der Waals surface area (Å²) in [5.74, 6) is -1.83. The van der Waals surface area contributed by atoms with E-state index in [0.29, 0.717) is 5.13 Å². The summed E-state index contributed by atoms with van der Waals surface area (Å²) in [5, 5.41) is 7.17. The number of benzene rings is 2. The van der Waals surface area contributed by atoms with Crippen molar-refractivity contribution in [3.63, 3.8) is 0 Å². The fourth-order valence-electron chi connectivity index (χ4n) is 1.92. The first kappa shape index (κ1) is 16.0. The maximum Gasteiger partial charge on any atom is 0.259 e. The van der Waals surface area contributed by atoms with Gasteiger partial charge in [0, 0.05) is 11.6 Å². The highest BCUT2D eigenvalue weighted by Gasteiger charge is 2.05. The van der Waals surface area contributed by atoms with Gasteiger partial charge in [0.2, 0.25) is 0 Å². The molecule has 24 heavy (non-hydrogen) atoms. The summed E-state index contributed by atoms with van der Waals surface area (Å²) < 4.78 is 27.2. The number of thiazole rings is 1. The Hall–Kier alpha value is -2.87. The summed E-state index contributed by atoms with van der Waals surface area (Å²) in [4.78, 5) is 16.0. The molecule has 0 radical (unpaired) electrons. The molecule has 0 aliphatic carbocycles. The average molecular weight is 346 g/mol. The van der Waals surface area contributed by atoms with Gasteiger partial charge in [0.05, 0.1) is 23.0 Å². The van der Waals surface area contributed by atoms with Crippen LogP contribution in [0.25, 0.3) is 10.2 Å². The van der Waals surface area contributed by atoms with E-state index in [1.165, 1.54) is 17.4 Å². The number of para-hydroxylation sites is 1. The molecule has 0 unspecified atom stereocenters. The SMILES string of the molecule is O=C(CNc1nc2ccccc2s1)N/N=C\c1ccc(F)cc1F. The van der Waals surface area contributed by atoms with Gasteiger partial charge in [-0.2, -0.15) is 5.10 Å². The highest BCUT2D eigenvalue weighted by molar-refractivity contribution is 7.22. The van der Waals surface area contributed by atoms with Gasteiger partial charge in [-0.3, -0.25) is 4.79 Å². The zero-order valence-electron chi connectivity index (χ0n) is 12.3. The molecule has 0 aliphatic rings. The molecule has 5 nitrogen and oxygen atoms in total. The Kier molecular flexibility index (Phi) is 4.76. The summed E-state index contributed by atoms with van der Waals surface area (Å²) in [6.07, 6.45) is 1.12. The predicted molar refractivity (Wildman–Crippen MR) is 90.2 cm³/mol. The Labute approximate surface area is 140 Å². The van der Waals surface area contributed by atoms with E-state index in [9.17, 15) is 13.6 Å². The lowest BCUT2D eigenvalue weighted by Gasteiger charge is -2.01. The molecule has 1 amide bonds. The number of hydrogen-bond donors (Lipinski definition) is 2. The van der Waals surface area contributed by atoms with Gasteiger partial charge in [0.15, 0.2) is 5.13 Å². The lowest BCUT2D eigenvalue weighted by atomic mass is 10.2. The van der Waals surface area contributed by atoms with Crippen LogP contribution < -0.4 is 10.7 Å². The molecule has 0 atom stereocenters. The van der Waals surface area contributed by atoms with Crippen molar-refractivity contribution in [2.75, 3.05) is 11.9 Å². The molecule has 2 N–H and O–H groups in total. The molecule has 1 aromatic heterocycles. The zero-order valence-corrected chi connectivity index (χ0v) is 13.1. The first-order valence-electron chi connectivity index (χ1n) is 6.98. The van der Waals surface area contributed by atoms with Crippen molar-refractivity contribution in [3.8, 4) is 0 Å². The van der Waals surface area contributed by atoms with E-state index in [1.807, 2.05) is 24.3 Å². The minimum atomic E-state index is -0.749. The summed E-state index contributed by atoms with van der Waals surface area (Å²) in [6, 6.07) is 10.7. The molecule has 3 aromatic rings. The molecule has 0 saturated carbocycles. The van der Waals surface area contributed by atoms with Crippen LogP contribution in [0, 0.1) is 11.6 Å². The van der Waals surface area contributed by atoms with Crippen molar-refractivity contribution in [1.82, 2.24) is 10.4 Å². The van der Waals surface area contributed by atoms with E-state index in [0.717, 1.165) is 28.6 Å². The van der Waals surface area contributed by atoms with Gasteiger partial charge >= 0.3 is 0 Å². The molecule has 0 bridgehead atoms. The average Bonchev–Trinajstić information content (AvgIpc) is 2.98. The number of fused-ring (bicyclic) bond motifs is 1. The second-order valence-electron chi connectivity index (χ2n) is 4.80. The van der Waals surface area contributed by atoms with Gasteiger partial charge in [-0.25, -0.2) is 19.2 Å². The van der Waals surface area contributed by atoms with Crippen molar-refractivity contribution in [3.05, 3.63) is 59.7 Å². The molecule has 3 rings (SSSR count). The standard InChI is InChI=1S/C16H12F2N4OS/c17-11-6-5-10(12(18)7-11)8-20-22-15(23)9-19-16-21-13-3-1-2-4-14(13)24-16/h1-8H,9H2,(H,19,21)(H,22,23)/b20-8-. The summed E-state index contributed by atoms with van der Waals surface area (Å²) in [5.41, 5.74) is 3.20. The number of anilines is 1. The number of carbonyl (C=O) groups excluding carboxylic acids is 1. The van der Waals surface area contributed by atoms with E-state index in [-0.39, 0.29) is 12.1 Å². The van der Waals surface area contributed by atoms with Crippen molar-refractivity contribution in [2.24, 2.45) is 5.10 Å². The van der Waals surface area contributed by atoms with E-state index in [1.54, 1.807) is 0 Å². The Morgan fingerprint density at radius 3 is 2.88 bits per heavy atom. The molecule has 0 fully saturated rings. The van der Waals surface area contributed by atoms with E-state index in [4.69, 9.17) is 0 Å². The number of aromatic nitrogens is 1. The Balaban J connectivity index is 1.53. The van der Waals surface area contributed by atoms with E-state index >= 15 is 0 Å². The van der Waals surface area contributed by atoms with Crippen LogP contribution in [0.2, 0.25) is 0 Å². The topological polar surface area (TPSA) is 66.4 Å². The second kappa shape index (κ2) is 7.14. The van der Waals surface area contributed by atoms with Gasteiger partial charge in [-0.1, -0.05) is 23.5 Å². The maximum atomic E-state index is 13.4. The number of carbonyl (C=O) groups is 1.